The molecule has 2 amide bonds. The predicted molar refractivity (Wildman–Crippen MR) is 66.5 cm³/mol. The van der Waals surface area contributed by atoms with Crippen LogP contribution in [0, 0.1) is 0 Å². The molecule has 2 heterocycles. The van der Waals surface area contributed by atoms with Crippen molar-refractivity contribution in [1.82, 2.24) is 9.47 Å². The SMILES string of the molecule is Cn1ccc(C(=O)N2CCOCC2C(N)=O)cc1=O. The summed E-state index contributed by atoms with van der Waals surface area (Å²) in [6.07, 6.45) is 1.51. The lowest BCUT2D eigenvalue weighted by Gasteiger charge is -2.33. The van der Waals surface area contributed by atoms with Gasteiger partial charge in [-0.3, -0.25) is 14.4 Å². The van der Waals surface area contributed by atoms with E-state index in [9.17, 15) is 14.4 Å². The fourth-order valence-electron chi connectivity index (χ4n) is 1.93. The fraction of sp³-hybridized carbons (Fsp3) is 0.417. The number of amides is 2. The van der Waals surface area contributed by atoms with E-state index in [0.29, 0.717) is 6.61 Å². The number of ether oxygens (including phenoxy) is 1. The Labute approximate surface area is 109 Å². The highest BCUT2D eigenvalue weighted by molar-refractivity contribution is 5.97. The molecule has 0 bridgehead atoms. The number of nitrogens with zero attached hydrogens (tertiary/aromatic N) is 2. The van der Waals surface area contributed by atoms with Gasteiger partial charge in [-0.15, -0.1) is 0 Å². The zero-order chi connectivity index (χ0) is 14.0. The largest absolute Gasteiger partial charge is 0.377 e. The summed E-state index contributed by atoms with van der Waals surface area (Å²) >= 11 is 0. The summed E-state index contributed by atoms with van der Waals surface area (Å²) in [5.74, 6) is -0.998. The molecule has 2 rings (SSSR count). The van der Waals surface area contributed by atoms with Crippen molar-refractivity contribution in [3.8, 4) is 0 Å². The first-order valence-electron chi connectivity index (χ1n) is 5.85. The molecule has 1 fully saturated rings. The summed E-state index contributed by atoms with van der Waals surface area (Å²) in [6, 6.07) is 2.00. The zero-order valence-electron chi connectivity index (χ0n) is 10.5. The summed E-state index contributed by atoms with van der Waals surface area (Å²) < 4.78 is 6.50. The van der Waals surface area contributed by atoms with Gasteiger partial charge in [0.2, 0.25) is 5.91 Å². The maximum absolute atomic E-state index is 12.3. The van der Waals surface area contributed by atoms with Crippen LogP contribution in [0.3, 0.4) is 0 Å². The second kappa shape index (κ2) is 5.23. The molecule has 102 valence electrons. The third kappa shape index (κ3) is 2.65. The predicted octanol–water partition coefficient (Wildman–Crippen LogP) is -1.29. The van der Waals surface area contributed by atoms with Gasteiger partial charge in [-0.25, -0.2) is 0 Å². The molecule has 7 nitrogen and oxygen atoms in total. The van der Waals surface area contributed by atoms with Gasteiger partial charge in [0.15, 0.2) is 0 Å². The van der Waals surface area contributed by atoms with Crippen molar-refractivity contribution in [2.45, 2.75) is 6.04 Å². The molecule has 0 aliphatic carbocycles. The molecule has 0 saturated carbocycles. The van der Waals surface area contributed by atoms with E-state index in [2.05, 4.69) is 0 Å². The number of nitrogens with two attached hydrogens (primary N) is 1. The summed E-state index contributed by atoms with van der Waals surface area (Å²) in [7, 11) is 1.59. The van der Waals surface area contributed by atoms with Gasteiger partial charge < -0.3 is 19.9 Å². The number of pyridine rings is 1. The number of primary amides is 1. The molecule has 1 aromatic heterocycles. The van der Waals surface area contributed by atoms with Crippen molar-refractivity contribution in [1.29, 1.82) is 0 Å². The van der Waals surface area contributed by atoms with Crippen LogP contribution in [0.4, 0.5) is 0 Å². The van der Waals surface area contributed by atoms with Crippen LogP contribution in [0.1, 0.15) is 10.4 Å². The van der Waals surface area contributed by atoms with E-state index in [-0.39, 0.29) is 30.2 Å². The van der Waals surface area contributed by atoms with Crippen molar-refractivity contribution in [2.24, 2.45) is 12.8 Å². The third-order valence-electron chi connectivity index (χ3n) is 3.07. The molecule has 1 atom stereocenters. The normalized spacial score (nSPS) is 19.2. The van der Waals surface area contributed by atoms with Gasteiger partial charge in [0.1, 0.15) is 6.04 Å². The molecule has 0 spiro atoms. The second-order valence-electron chi connectivity index (χ2n) is 4.36. The molecule has 1 aromatic rings. The number of carbonyl (C=O) groups is 2. The van der Waals surface area contributed by atoms with E-state index >= 15 is 0 Å². The minimum absolute atomic E-state index is 0.0892. The van der Waals surface area contributed by atoms with E-state index < -0.39 is 11.9 Å². The number of aromatic nitrogens is 1. The maximum atomic E-state index is 12.3. The number of carbonyl (C=O) groups excluding carboxylic acids is 2. The number of aryl methyl sites for hydroxylation is 1. The Balaban J connectivity index is 2.28. The lowest BCUT2D eigenvalue weighted by Crippen LogP contribution is -2.54. The second-order valence-corrected chi connectivity index (χ2v) is 4.36. The third-order valence-corrected chi connectivity index (χ3v) is 3.07. The molecule has 0 aromatic carbocycles. The Kier molecular flexibility index (Phi) is 3.66. The molecule has 0 radical (unpaired) electrons. The lowest BCUT2D eigenvalue weighted by atomic mass is 10.1. The average Bonchev–Trinajstić information content (AvgIpc) is 2.41. The van der Waals surface area contributed by atoms with Crippen molar-refractivity contribution in [2.75, 3.05) is 19.8 Å². The van der Waals surface area contributed by atoms with Crippen molar-refractivity contribution in [3.05, 3.63) is 34.2 Å². The van der Waals surface area contributed by atoms with Crippen molar-refractivity contribution < 1.29 is 14.3 Å². The smallest absolute Gasteiger partial charge is 0.254 e. The van der Waals surface area contributed by atoms with Gasteiger partial charge in [0, 0.05) is 31.4 Å². The standard InChI is InChI=1S/C12H15N3O4/c1-14-3-2-8(6-10(14)16)12(18)15-4-5-19-7-9(15)11(13)17/h2-3,6,9H,4-5,7H2,1H3,(H2,13,17). The van der Waals surface area contributed by atoms with E-state index in [1.165, 1.54) is 27.8 Å². The van der Waals surface area contributed by atoms with Gasteiger partial charge in [0.05, 0.1) is 13.2 Å². The molecule has 7 heteroatoms. The topological polar surface area (TPSA) is 94.6 Å². The molecule has 19 heavy (non-hydrogen) atoms. The van der Waals surface area contributed by atoms with Crippen LogP contribution in [-0.4, -0.2) is 47.1 Å². The van der Waals surface area contributed by atoms with Crippen LogP contribution in [-0.2, 0) is 16.6 Å². The quantitative estimate of drug-likeness (QED) is 0.720. The first kappa shape index (κ1) is 13.3. The van der Waals surface area contributed by atoms with E-state index in [4.69, 9.17) is 10.5 Å². The molecule has 1 aliphatic rings. The number of hydrogen-bond donors (Lipinski definition) is 1. The van der Waals surface area contributed by atoms with E-state index in [0.717, 1.165) is 0 Å². The van der Waals surface area contributed by atoms with Crippen LogP contribution >= 0.6 is 0 Å². The van der Waals surface area contributed by atoms with Crippen LogP contribution < -0.4 is 11.3 Å². The molecular formula is C12H15N3O4. The minimum Gasteiger partial charge on any atom is -0.377 e. The van der Waals surface area contributed by atoms with E-state index in [1.807, 2.05) is 0 Å². The molecule has 1 unspecified atom stereocenters. The van der Waals surface area contributed by atoms with Crippen molar-refractivity contribution >= 4 is 11.8 Å². The van der Waals surface area contributed by atoms with Crippen LogP contribution in [0.25, 0.3) is 0 Å². The monoisotopic (exact) mass is 265 g/mol. The highest BCUT2D eigenvalue weighted by Gasteiger charge is 2.32. The number of hydrogen-bond acceptors (Lipinski definition) is 4. The summed E-state index contributed by atoms with van der Waals surface area (Å²) in [5.41, 5.74) is 5.21. The summed E-state index contributed by atoms with van der Waals surface area (Å²) in [6.45, 7) is 0.716. The Hall–Kier alpha value is -2.15. The summed E-state index contributed by atoms with van der Waals surface area (Å²) in [5, 5.41) is 0. The minimum atomic E-state index is -0.787. The molecule has 1 saturated heterocycles. The fourth-order valence-corrected chi connectivity index (χ4v) is 1.93. The number of morpholine rings is 1. The Morgan fingerprint density at radius 3 is 2.84 bits per heavy atom. The summed E-state index contributed by atoms with van der Waals surface area (Å²) in [4.78, 5) is 36.5. The van der Waals surface area contributed by atoms with Gasteiger partial charge in [-0.1, -0.05) is 0 Å². The first-order chi connectivity index (χ1) is 9.00. The van der Waals surface area contributed by atoms with Gasteiger partial charge in [-0.2, -0.15) is 0 Å². The average molecular weight is 265 g/mol. The van der Waals surface area contributed by atoms with Crippen LogP contribution in [0.5, 0.6) is 0 Å². The van der Waals surface area contributed by atoms with Crippen LogP contribution in [0.15, 0.2) is 23.1 Å². The highest BCUT2D eigenvalue weighted by atomic mass is 16.5. The Morgan fingerprint density at radius 2 is 2.21 bits per heavy atom. The zero-order valence-corrected chi connectivity index (χ0v) is 10.5. The lowest BCUT2D eigenvalue weighted by molar-refractivity contribution is -0.127. The van der Waals surface area contributed by atoms with Gasteiger partial charge >= 0.3 is 0 Å². The Morgan fingerprint density at radius 1 is 1.47 bits per heavy atom. The van der Waals surface area contributed by atoms with E-state index in [1.54, 1.807) is 7.05 Å². The maximum Gasteiger partial charge on any atom is 0.254 e. The van der Waals surface area contributed by atoms with Crippen molar-refractivity contribution in [3.63, 3.8) is 0 Å². The first-order valence-corrected chi connectivity index (χ1v) is 5.85. The molecule has 1 aliphatic heterocycles. The number of rotatable bonds is 2. The van der Waals surface area contributed by atoms with Gasteiger partial charge in [-0.05, 0) is 6.07 Å². The van der Waals surface area contributed by atoms with Crippen LogP contribution in [0.2, 0.25) is 0 Å². The Bertz CT molecular complexity index is 566. The highest BCUT2D eigenvalue weighted by Crippen LogP contribution is 2.11. The molecule has 2 N–H and O–H groups in total. The van der Waals surface area contributed by atoms with Gasteiger partial charge in [0.25, 0.3) is 11.5 Å². The molecular weight excluding hydrogens is 250 g/mol.